The monoisotopic (exact) mass is 560 g/mol. The number of ether oxygens (including phenoxy) is 1. The molecule has 2 aromatic heterocycles. The zero-order valence-corrected chi connectivity index (χ0v) is 22.5. The third-order valence-corrected chi connectivity index (χ3v) is 9.42. The zero-order chi connectivity index (χ0) is 27.0. The number of aromatic nitrogens is 2. The van der Waals surface area contributed by atoms with Crippen molar-refractivity contribution in [1.82, 2.24) is 14.9 Å². The van der Waals surface area contributed by atoms with Crippen molar-refractivity contribution in [3.05, 3.63) is 34.6 Å². The number of rotatable bonds is 8. The molecule has 204 valence electrons. The fourth-order valence-electron chi connectivity index (χ4n) is 4.87. The fourth-order valence-corrected chi connectivity index (χ4v) is 6.73. The Balaban J connectivity index is 1.35. The van der Waals surface area contributed by atoms with Gasteiger partial charge in [-0.15, -0.1) is 11.3 Å². The molecule has 1 unspecified atom stereocenters. The normalized spacial score (nSPS) is 22.8. The van der Waals surface area contributed by atoms with Gasteiger partial charge in [0.2, 0.25) is 5.91 Å². The summed E-state index contributed by atoms with van der Waals surface area (Å²) in [6, 6.07) is 2.99. The molecule has 1 fully saturated rings. The molecule has 1 N–H and O–H groups in total. The molecule has 2 aromatic rings. The molecule has 13 heteroatoms. The van der Waals surface area contributed by atoms with E-state index in [0.717, 1.165) is 10.6 Å². The molecule has 0 spiro atoms. The number of thiazole rings is 1. The maximum absolute atomic E-state index is 12.9. The summed E-state index contributed by atoms with van der Waals surface area (Å²) in [4.78, 5) is 24.8. The predicted molar refractivity (Wildman–Crippen MR) is 133 cm³/mol. The Hall–Kier alpha value is -2.09. The first kappa shape index (κ1) is 27.9. The molecule has 0 bridgehead atoms. The van der Waals surface area contributed by atoms with E-state index in [4.69, 9.17) is 4.74 Å². The van der Waals surface area contributed by atoms with E-state index < -0.39 is 22.1 Å². The zero-order valence-electron chi connectivity index (χ0n) is 20.9. The molecule has 4 heterocycles. The summed E-state index contributed by atoms with van der Waals surface area (Å²) in [5, 5.41) is 3.30. The number of sulfone groups is 1. The minimum absolute atomic E-state index is 0.00645. The number of halogens is 3. The number of amides is 1. The lowest BCUT2D eigenvalue weighted by Crippen LogP contribution is -2.41. The van der Waals surface area contributed by atoms with Gasteiger partial charge in [0.15, 0.2) is 21.1 Å². The van der Waals surface area contributed by atoms with Crippen molar-refractivity contribution in [2.24, 2.45) is 11.8 Å². The maximum Gasteiger partial charge on any atom is 0.414 e. The van der Waals surface area contributed by atoms with Gasteiger partial charge in [0.05, 0.1) is 35.4 Å². The second kappa shape index (κ2) is 11.0. The van der Waals surface area contributed by atoms with E-state index in [9.17, 15) is 26.4 Å². The third kappa shape index (κ3) is 6.50. The van der Waals surface area contributed by atoms with Crippen molar-refractivity contribution in [2.45, 2.75) is 69.8 Å². The highest BCUT2D eigenvalue weighted by molar-refractivity contribution is 7.91. The van der Waals surface area contributed by atoms with Crippen molar-refractivity contribution < 1.29 is 31.1 Å². The maximum atomic E-state index is 12.9. The molecule has 1 saturated heterocycles. The molecule has 1 amide bonds. The fraction of sp³-hybridized carbons (Fsp3) is 0.625. The minimum atomic E-state index is -4.32. The first-order valence-electron chi connectivity index (χ1n) is 12.3. The predicted octanol–water partition coefficient (Wildman–Crippen LogP) is 4.38. The lowest BCUT2D eigenvalue weighted by atomic mass is 9.95. The Morgan fingerprint density at radius 2 is 2.05 bits per heavy atom. The number of fused-ring (bicyclic) bond motifs is 1. The molecule has 3 atom stereocenters. The standard InChI is InChI=1S/C24H31F3N4O4S2/c1-4-37(33,34)17-7-6-16(28-10-17)9-20(32)29-23-30-21-18(36-23)12-31(22(21)14(2)3)11-15-5-8-19(35-13-15)24(25,26)27/h6-7,10,14-15,19,22H,4-5,8-9,11-13H2,1-3H3,(H,29,30,32)/t15-,19-,22?/m0/s1. The number of alkyl halides is 3. The van der Waals surface area contributed by atoms with Gasteiger partial charge in [-0.05, 0) is 36.8 Å². The molecule has 2 aliphatic heterocycles. The second-order valence-electron chi connectivity index (χ2n) is 9.87. The quantitative estimate of drug-likeness (QED) is 0.511. The van der Waals surface area contributed by atoms with Gasteiger partial charge in [-0.1, -0.05) is 20.8 Å². The Morgan fingerprint density at radius 1 is 1.30 bits per heavy atom. The Morgan fingerprint density at radius 3 is 2.62 bits per heavy atom. The van der Waals surface area contributed by atoms with Crippen LogP contribution in [-0.4, -0.2) is 60.4 Å². The summed E-state index contributed by atoms with van der Waals surface area (Å²) in [6.07, 6.45) is -4.29. The number of carbonyl (C=O) groups excluding carboxylic acids is 1. The largest absolute Gasteiger partial charge is 0.414 e. The van der Waals surface area contributed by atoms with Crippen molar-refractivity contribution in [1.29, 1.82) is 0 Å². The number of pyridine rings is 1. The van der Waals surface area contributed by atoms with E-state index in [0.29, 0.717) is 30.3 Å². The molecule has 0 saturated carbocycles. The van der Waals surface area contributed by atoms with Gasteiger partial charge in [-0.25, -0.2) is 13.4 Å². The van der Waals surface area contributed by atoms with Gasteiger partial charge >= 0.3 is 6.18 Å². The van der Waals surface area contributed by atoms with E-state index in [1.54, 1.807) is 6.92 Å². The second-order valence-corrected chi connectivity index (χ2v) is 13.2. The highest BCUT2D eigenvalue weighted by atomic mass is 32.2. The minimum Gasteiger partial charge on any atom is -0.368 e. The van der Waals surface area contributed by atoms with Crippen LogP contribution in [0.25, 0.3) is 0 Å². The Kier molecular flexibility index (Phi) is 8.27. The first-order chi connectivity index (χ1) is 17.4. The molecule has 0 aliphatic carbocycles. The van der Waals surface area contributed by atoms with Gasteiger partial charge < -0.3 is 10.1 Å². The van der Waals surface area contributed by atoms with Gasteiger partial charge in [-0.2, -0.15) is 13.2 Å². The van der Waals surface area contributed by atoms with Crippen molar-refractivity contribution in [3.8, 4) is 0 Å². The highest BCUT2D eigenvalue weighted by Gasteiger charge is 2.44. The topological polar surface area (TPSA) is 101 Å². The highest BCUT2D eigenvalue weighted by Crippen LogP contribution is 2.43. The number of nitrogens with one attached hydrogen (secondary N) is 1. The molecular weight excluding hydrogens is 529 g/mol. The summed E-state index contributed by atoms with van der Waals surface area (Å²) in [5.41, 5.74) is 1.35. The van der Waals surface area contributed by atoms with Crippen molar-refractivity contribution in [3.63, 3.8) is 0 Å². The van der Waals surface area contributed by atoms with E-state index in [-0.39, 0.29) is 53.9 Å². The third-order valence-electron chi connectivity index (χ3n) is 6.73. The van der Waals surface area contributed by atoms with Crippen LogP contribution in [0.3, 0.4) is 0 Å². The molecule has 0 radical (unpaired) electrons. The van der Waals surface area contributed by atoms with Gasteiger partial charge in [-0.3, -0.25) is 14.7 Å². The van der Waals surface area contributed by atoms with Crippen LogP contribution in [-0.2, 0) is 32.3 Å². The van der Waals surface area contributed by atoms with Crippen molar-refractivity contribution in [2.75, 3.05) is 24.2 Å². The molecular formula is C24H31F3N4O4S2. The SMILES string of the molecule is CCS(=O)(=O)c1ccc(CC(=O)Nc2nc3c(s2)CN(C[C@@H]2CC[C@@H](C(F)(F)F)OC2)C3C(C)C)nc1. The lowest BCUT2D eigenvalue weighted by Gasteiger charge is -2.35. The number of carbonyl (C=O) groups is 1. The Bertz CT molecular complexity index is 1210. The average molecular weight is 561 g/mol. The van der Waals surface area contributed by atoms with E-state index in [1.807, 2.05) is 0 Å². The average Bonchev–Trinajstić information content (AvgIpc) is 3.35. The van der Waals surface area contributed by atoms with Gasteiger partial charge in [0.25, 0.3) is 0 Å². The summed E-state index contributed by atoms with van der Waals surface area (Å²) in [7, 11) is -3.35. The summed E-state index contributed by atoms with van der Waals surface area (Å²) in [5.74, 6) is -0.0754. The summed E-state index contributed by atoms with van der Waals surface area (Å²) < 4.78 is 67.7. The molecule has 0 aromatic carbocycles. The van der Waals surface area contributed by atoms with E-state index >= 15 is 0 Å². The van der Waals surface area contributed by atoms with Gasteiger partial charge in [0.1, 0.15) is 0 Å². The molecule has 4 rings (SSSR count). The smallest absolute Gasteiger partial charge is 0.368 e. The number of hydrogen-bond donors (Lipinski definition) is 1. The summed E-state index contributed by atoms with van der Waals surface area (Å²) in [6.45, 7) is 7.06. The van der Waals surface area contributed by atoms with Gasteiger partial charge in [0, 0.05) is 29.9 Å². The summed E-state index contributed by atoms with van der Waals surface area (Å²) >= 11 is 1.40. The molecule has 8 nitrogen and oxygen atoms in total. The van der Waals surface area contributed by atoms with E-state index in [2.05, 4.69) is 34.0 Å². The van der Waals surface area contributed by atoms with Crippen LogP contribution >= 0.6 is 11.3 Å². The van der Waals surface area contributed by atoms with Crippen LogP contribution in [0.4, 0.5) is 18.3 Å². The van der Waals surface area contributed by atoms with E-state index in [1.165, 1.54) is 29.7 Å². The van der Waals surface area contributed by atoms with Crippen LogP contribution in [0.2, 0.25) is 0 Å². The molecule has 37 heavy (non-hydrogen) atoms. The Labute approximate surface area is 218 Å². The van der Waals surface area contributed by atoms with Crippen LogP contribution < -0.4 is 5.32 Å². The van der Waals surface area contributed by atoms with Crippen molar-refractivity contribution >= 4 is 32.2 Å². The van der Waals surface area contributed by atoms with Crippen LogP contribution in [0, 0.1) is 11.8 Å². The number of anilines is 1. The molecule has 2 aliphatic rings. The lowest BCUT2D eigenvalue weighted by molar-refractivity contribution is -0.236. The number of nitrogens with zero attached hydrogens (tertiary/aromatic N) is 3. The first-order valence-corrected chi connectivity index (χ1v) is 14.7. The van der Waals surface area contributed by atoms with Crippen LogP contribution in [0.15, 0.2) is 23.2 Å². The van der Waals surface area contributed by atoms with Crippen LogP contribution in [0.1, 0.15) is 55.9 Å². The van der Waals surface area contributed by atoms with Crippen LogP contribution in [0.5, 0.6) is 0 Å². The number of hydrogen-bond acceptors (Lipinski definition) is 8.